The van der Waals surface area contributed by atoms with Gasteiger partial charge in [-0.25, -0.2) is 0 Å². The van der Waals surface area contributed by atoms with Crippen LogP contribution in [0, 0.1) is 0 Å². The normalized spacial score (nSPS) is 12.1. The first kappa shape index (κ1) is 64.8. The first-order chi connectivity index (χ1) is 33.8. The van der Waals surface area contributed by atoms with Gasteiger partial charge in [0.25, 0.3) is 0 Å². The van der Waals surface area contributed by atoms with Crippen LogP contribution >= 0.6 is 0 Å². The Bertz CT molecular complexity index is 1490. The van der Waals surface area contributed by atoms with Crippen molar-refractivity contribution in [2.24, 2.45) is 9.98 Å². The van der Waals surface area contributed by atoms with Crippen LogP contribution in [0.5, 0.6) is 0 Å². The molecule has 2 aromatic carbocycles. The van der Waals surface area contributed by atoms with E-state index in [0.29, 0.717) is 0 Å². The summed E-state index contributed by atoms with van der Waals surface area (Å²) in [6, 6.07) is 17.5. The molecule has 2 nitrogen and oxygen atoms in total. The molecule has 3 heteroatoms. The SMILES string of the molecule is CCCCCCCCCCCCCCCCCCC/C=C/CCCc1ccccc1/N=C\C(CCCC)=N\c1ccccc1CCC/C=C/CCCCCCCCCCCCCCCCCCC.[Ni]. The Morgan fingerprint density at radius 3 is 0.986 bits per heavy atom. The van der Waals surface area contributed by atoms with Crippen molar-refractivity contribution in [3.63, 3.8) is 0 Å². The first-order valence-electron chi connectivity index (χ1n) is 30.4. The molecule has 0 aliphatic rings. The van der Waals surface area contributed by atoms with Gasteiger partial charge in [-0.2, -0.15) is 0 Å². The van der Waals surface area contributed by atoms with Crippen molar-refractivity contribution in [3.8, 4) is 0 Å². The zero-order valence-electron chi connectivity index (χ0n) is 46.0. The number of benzene rings is 2. The van der Waals surface area contributed by atoms with Crippen LogP contribution in [0.4, 0.5) is 11.4 Å². The standard InChI is InChI=1S/C66H112N2.Ni/c1-4-7-10-12-14-16-18-20-22-24-26-28-30-32-34-36-38-40-42-44-46-48-54-62-56-50-52-59-65(62)67-61-64(58-9-6-3)68-66-60-53-51-57-63(66)55-49-47-45-43-41-39-37-35-33-31-29-27-25-23-21-19-17-15-13-11-8-5-2;/h42-45,50-53,56-57,59-61H,4-41,46-49,54-55,58H2,1-3H3;/b44-42+,45-43+,67-61-,68-64+;. The van der Waals surface area contributed by atoms with E-state index in [2.05, 4.69) is 99.8 Å². The first-order valence-corrected chi connectivity index (χ1v) is 30.4. The van der Waals surface area contributed by atoms with Crippen molar-refractivity contribution in [1.82, 2.24) is 0 Å². The maximum Gasteiger partial charge on any atom is 0.0665 e. The van der Waals surface area contributed by atoms with Gasteiger partial charge in [0, 0.05) is 22.7 Å². The van der Waals surface area contributed by atoms with Crippen LogP contribution in [0.2, 0.25) is 0 Å². The Balaban J connectivity index is 0.0000238. The molecule has 0 saturated carbocycles. The van der Waals surface area contributed by atoms with Crippen molar-refractivity contribution in [2.75, 3.05) is 0 Å². The van der Waals surface area contributed by atoms with E-state index in [4.69, 9.17) is 9.98 Å². The predicted octanol–water partition coefficient (Wildman–Crippen LogP) is 23.2. The van der Waals surface area contributed by atoms with Crippen molar-refractivity contribution in [1.29, 1.82) is 0 Å². The van der Waals surface area contributed by atoms with Crippen LogP contribution in [-0.4, -0.2) is 11.9 Å². The molecule has 0 bridgehead atoms. The van der Waals surface area contributed by atoms with Crippen molar-refractivity contribution in [2.45, 2.75) is 310 Å². The number of allylic oxidation sites excluding steroid dienone is 4. The van der Waals surface area contributed by atoms with Gasteiger partial charge >= 0.3 is 0 Å². The molecule has 0 saturated heterocycles. The zero-order chi connectivity index (χ0) is 48.3. The average molecular weight is 992 g/mol. The van der Waals surface area contributed by atoms with E-state index in [9.17, 15) is 0 Å². The molecule has 0 atom stereocenters. The van der Waals surface area contributed by atoms with Crippen LogP contribution in [0.3, 0.4) is 0 Å². The van der Waals surface area contributed by atoms with E-state index in [0.717, 1.165) is 62.0 Å². The number of unbranched alkanes of at least 4 members (excludes halogenated alkanes) is 37. The van der Waals surface area contributed by atoms with E-state index in [1.165, 1.54) is 255 Å². The van der Waals surface area contributed by atoms with Gasteiger partial charge in [0.1, 0.15) is 0 Å². The van der Waals surface area contributed by atoms with E-state index in [1.54, 1.807) is 0 Å². The molecule has 69 heavy (non-hydrogen) atoms. The summed E-state index contributed by atoms with van der Waals surface area (Å²) in [5.74, 6) is 0. The second kappa shape index (κ2) is 52.1. The fraction of sp³-hybridized carbons (Fsp3) is 0.727. The van der Waals surface area contributed by atoms with Crippen molar-refractivity contribution >= 4 is 23.3 Å². The number of aliphatic imine (C=N–C) groups is 2. The fourth-order valence-electron chi connectivity index (χ4n) is 9.75. The van der Waals surface area contributed by atoms with Gasteiger partial charge in [-0.05, 0) is 100 Å². The molecule has 0 aromatic heterocycles. The van der Waals surface area contributed by atoms with Gasteiger partial charge in [-0.15, -0.1) is 0 Å². The molecular formula is C66H112N2Ni. The topological polar surface area (TPSA) is 24.7 Å². The number of aryl methyl sites for hydroxylation is 2. The van der Waals surface area contributed by atoms with Crippen LogP contribution < -0.4 is 0 Å². The Labute approximate surface area is 441 Å². The molecule has 0 spiro atoms. The molecule has 0 N–H and O–H groups in total. The third-order valence-corrected chi connectivity index (χ3v) is 14.3. The molecule has 396 valence electrons. The Kier molecular flexibility index (Phi) is 48.9. The minimum Gasteiger partial charge on any atom is -0.255 e. The third-order valence-electron chi connectivity index (χ3n) is 14.3. The Morgan fingerprint density at radius 1 is 0.333 bits per heavy atom. The average Bonchev–Trinajstić information content (AvgIpc) is 3.36. The van der Waals surface area contributed by atoms with Crippen LogP contribution in [0.15, 0.2) is 82.8 Å². The minimum atomic E-state index is 0. The number of rotatable bonds is 50. The molecule has 0 aliphatic carbocycles. The summed E-state index contributed by atoms with van der Waals surface area (Å²) in [5, 5.41) is 0. The van der Waals surface area contributed by atoms with Gasteiger partial charge < -0.3 is 0 Å². The maximum atomic E-state index is 5.25. The summed E-state index contributed by atoms with van der Waals surface area (Å²) < 4.78 is 0. The molecule has 2 rings (SSSR count). The van der Waals surface area contributed by atoms with Crippen molar-refractivity contribution in [3.05, 3.63) is 84.0 Å². The Hall–Kier alpha value is -2.25. The maximum absolute atomic E-state index is 5.25. The van der Waals surface area contributed by atoms with E-state index in [1.807, 2.05) is 0 Å². The van der Waals surface area contributed by atoms with Gasteiger partial charge in [0.05, 0.1) is 17.1 Å². The number of nitrogens with zero attached hydrogens (tertiary/aromatic N) is 2. The summed E-state index contributed by atoms with van der Waals surface area (Å²) in [6.45, 7) is 6.88. The van der Waals surface area contributed by atoms with Gasteiger partial charge in [0.2, 0.25) is 0 Å². The van der Waals surface area contributed by atoms with Gasteiger partial charge in [0.15, 0.2) is 0 Å². The fourth-order valence-corrected chi connectivity index (χ4v) is 9.75. The number of hydrogen-bond donors (Lipinski definition) is 0. The van der Waals surface area contributed by atoms with E-state index < -0.39 is 0 Å². The number of para-hydroxylation sites is 2. The molecule has 0 fully saturated rings. The number of hydrogen-bond acceptors (Lipinski definition) is 2. The van der Waals surface area contributed by atoms with E-state index >= 15 is 0 Å². The summed E-state index contributed by atoms with van der Waals surface area (Å²) in [4.78, 5) is 10.3. The van der Waals surface area contributed by atoms with Crippen LogP contribution in [0.25, 0.3) is 0 Å². The molecule has 2 aromatic rings. The second-order valence-electron chi connectivity index (χ2n) is 20.8. The molecule has 0 unspecified atom stereocenters. The molecule has 0 aliphatic heterocycles. The van der Waals surface area contributed by atoms with E-state index in [-0.39, 0.29) is 16.5 Å². The summed E-state index contributed by atoms with van der Waals surface area (Å²) in [6.07, 6.45) is 73.1. The quantitative estimate of drug-likeness (QED) is 0.0273. The largest absolute Gasteiger partial charge is 0.255 e. The monoisotopic (exact) mass is 991 g/mol. The summed E-state index contributed by atoms with van der Waals surface area (Å²) in [5.41, 5.74) is 6.01. The molecule has 0 radical (unpaired) electrons. The van der Waals surface area contributed by atoms with Gasteiger partial charge in [-0.3, -0.25) is 9.98 Å². The van der Waals surface area contributed by atoms with Gasteiger partial charge in [-0.1, -0.05) is 293 Å². The third kappa shape index (κ3) is 41.0. The van der Waals surface area contributed by atoms with Crippen LogP contribution in [0.1, 0.15) is 308 Å². The molecule has 0 amide bonds. The summed E-state index contributed by atoms with van der Waals surface area (Å²) >= 11 is 0. The second-order valence-corrected chi connectivity index (χ2v) is 20.8. The molecular weight excluding hydrogens is 879 g/mol. The predicted molar refractivity (Wildman–Crippen MR) is 309 cm³/mol. The van der Waals surface area contributed by atoms with Crippen LogP contribution in [-0.2, 0) is 29.3 Å². The van der Waals surface area contributed by atoms with Crippen molar-refractivity contribution < 1.29 is 16.5 Å². The zero-order valence-corrected chi connectivity index (χ0v) is 47.0. The molecule has 0 heterocycles. The minimum absolute atomic E-state index is 0. The Morgan fingerprint density at radius 2 is 0.623 bits per heavy atom. The summed E-state index contributed by atoms with van der Waals surface area (Å²) in [7, 11) is 0. The smallest absolute Gasteiger partial charge is 0.0665 e.